The predicted octanol–water partition coefficient (Wildman–Crippen LogP) is 15.2. The van der Waals surface area contributed by atoms with E-state index in [1.807, 2.05) is 0 Å². The fourth-order valence-electron chi connectivity index (χ4n) is 8.17. The van der Waals surface area contributed by atoms with Crippen LogP contribution in [0.1, 0.15) is 284 Å². The minimum Gasteiger partial charge on any atom is -0.394 e. The molecule has 0 aliphatic rings. The van der Waals surface area contributed by atoms with Crippen LogP contribution in [0.5, 0.6) is 0 Å². The van der Waals surface area contributed by atoms with Crippen LogP contribution in [-0.4, -0.2) is 46.1 Å². The van der Waals surface area contributed by atoms with Gasteiger partial charge in [0, 0.05) is 6.42 Å². The van der Waals surface area contributed by atoms with Crippen LogP contribution in [0, 0.1) is 0 Å². The van der Waals surface area contributed by atoms with E-state index in [0.717, 1.165) is 38.5 Å². The summed E-state index contributed by atoms with van der Waals surface area (Å²) in [6, 6.07) is -0.821. The van der Waals surface area contributed by atoms with Crippen molar-refractivity contribution >= 4 is 5.91 Å². The van der Waals surface area contributed by atoms with Crippen molar-refractivity contribution in [3.05, 3.63) is 12.2 Å². The molecule has 0 aliphatic heterocycles. The number of nitrogens with one attached hydrogen (secondary N) is 1. The van der Waals surface area contributed by atoms with Gasteiger partial charge in [0.05, 0.1) is 18.8 Å². The molecule has 5 heteroatoms. The zero-order chi connectivity index (χ0) is 40.8. The smallest absolute Gasteiger partial charge is 0.220 e. The topological polar surface area (TPSA) is 89.8 Å². The van der Waals surface area contributed by atoms with Crippen LogP contribution in [0.2, 0.25) is 0 Å². The van der Waals surface area contributed by atoms with Crippen LogP contribution in [0.3, 0.4) is 0 Å². The summed E-state index contributed by atoms with van der Waals surface area (Å²) in [5.41, 5.74) is 0. The van der Waals surface area contributed by atoms with Crippen LogP contribution in [-0.2, 0) is 4.79 Å². The number of unbranched alkanes of at least 4 members (excludes halogenated alkanes) is 37. The standard InChI is InChI=1S/C51H101NO4/c1-3-5-7-9-11-13-15-17-19-21-23-25-26-27-29-31-33-35-37-39-41-43-45-49(54)51(56)48(47-53)52-50(55)46-44-42-40-38-36-34-32-30-28-24-22-20-18-16-14-12-10-8-6-4-2/h37,39,48-49,51,53-54,56H,3-36,38,40-47H2,1-2H3,(H,52,55)/b39-37+. The van der Waals surface area contributed by atoms with Gasteiger partial charge >= 0.3 is 0 Å². The number of amides is 1. The Bertz CT molecular complexity index is 788. The molecule has 0 radical (unpaired) electrons. The van der Waals surface area contributed by atoms with Crippen molar-refractivity contribution < 1.29 is 20.1 Å². The number of hydrogen-bond acceptors (Lipinski definition) is 4. The Balaban J connectivity index is 3.58. The number of carbonyl (C=O) groups excluding carboxylic acids is 1. The summed E-state index contributed by atoms with van der Waals surface area (Å²) < 4.78 is 0. The molecule has 0 saturated heterocycles. The normalized spacial score (nSPS) is 13.4. The van der Waals surface area contributed by atoms with Gasteiger partial charge in [0.1, 0.15) is 6.10 Å². The molecule has 56 heavy (non-hydrogen) atoms. The minimum atomic E-state index is -1.15. The minimum absolute atomic E-state index is 0.148. The molecule has 0 aromatic rings. The Kier molecular flexibility index (Phi) is 46.0. The highest BCUT2D eigenvalue weighted by Crippen LogP contribution is 2.17. The van der Waals surface area contributed by atoms with E-state index in [2.05, 4.69) is 31.3 Å². The first kappa shape index (κ1) is 55.1. The molecule has 334 valence electrons. The average molecular weight is 792 g/mol. The van der Waals surface area contributed by atoms with Crippen molar-refractivity contribution in [2.24, 2.45) is 0 Å². The molecule has 0 bridgehead atoms. The van der Waals surface area contributed by atoms with Crippen molar-refractivity contribution in [2.45, 2.75) is 302 Å². The van der Waals surface area contributed by atoms with E-state index in [0.29, 0.717) is 12.8 Å². The van der Waals surface area contributed by atoms with Gasteiger partial charge in [0.15, 0.2) is 0 Å². The highest BCUT2D eigenvalue weighted by molar-refractivity contribution is 5.76. The lowest BCUT2D eigenvalue weighted by molar-refractivity contribution is -0.124. The second-order valence-electron chi connectivity index (χ2n) is 17.7. The maximum atomic E-state index is 12.5. The van der Waals surface area contributed by atoms with E-state index in [4.69, 9.17) is 0 Å². The van der Waals surface area contributed by atoms with E-state index in [-0.39, 0.29) is 12.5 Å². The van der Waals surface area contributed by atoms with E-state index in [1.54, 1.807) is 0 Å². The predicted molar refractivity (Wildman–Crippen MR) is 245 cm³/mol. The summed E-state index contributed by atoms with van der Waals surface area (Å²) in [4.78, 5) is 12.5. The third-order valence-corrected chi connectivity index (χ3v) is 12.1. The van der Waals surface area contributed by atoms with Crippen LogP contribution in [0.25, 0.3) is 0 Å². The largest absolute Gasteiger partial charge is 0.394 e. The van der Waals surface area contributed by atoms with Crippen LogP contribution in [0.15, 0.2) is 12.2 Å². The lowest BCUT2D eigenvalue weighted by Gasteiger charge is -2.26. The van der Waals surface area contributed by atoms with Crippen molar-refractivity contribution in [3.63, 3.8) is 0 Å². The maximum Gasteiger partial charge on any atom is 0.220 e. The molecule has 4 N–H and O–H groups in total. The summed E-state index contributed by atoms with van der Waals surface area (Å²) in [5.74, 6) is -0.148. The molecule has 0 aromatic heterocycles. The Morgan fingerprint density at radius 2 is 0.714 bits per heavy atom. The Morgan fingerprint density at radius 1 is 0.429 bits per heavy atom. The third kappa shape index (κ3) is 41.3. The lowest BCUT2D eigenvalue weighted by atomic mass is 10.0. The van der Waals surface area contributed by atoms with Gasteiger partial charge in [0.25, 0.3) is 0 Å². The molecule has 0 heterocycles. The van der Waals surface area contributed by atoms with Gasteiger partial charge in [-0.25, -0.2) is 0 Å². The van der Waals surface area contributed by atoms with Crippen molar-refractivity contribution in [3.8, 4) is 0 Å². The van der Waals surface area contributed by atoms with Gasteiger partial charge < -0.3 is 20.6 Å². The molecule has 0 aromatic carbocycles. The molecule has 0 rings (SSSR count). The van der Waals surface area contributed by atoms with Gasteiger partial charge in [0.2, 0.25) is 5.91 Å². The van der Waals surface area contributed by atoms with Crippen molar-refractivity contribution in [2.75, 3.05) is 6.61 Å². The lowest BCUT2D eigenvalue weighted by Crippen LogP contribution is -2.50. The van der Waals surface area contributed by atoms with E-state index < -0.39 is 18.2 Å². The Labute approximate surface area is 350 Å². The first-order valence-electron chi connectivity index (χ1n) is 25.5. The van der Waals surface area contributed by atoms with Crippen LogP contribution >= 0.6 is 0 Å². The van der Waals surface area contributed by atoms with Crippen molar-refractivity contribution in [1.29, 1.82) is 0 Å². The average Bonchev–Trinajstić information content (AvgIpc) is 3.20. The zero-order valence-corrected chi connectivity index (χ0v) is 38.0. The fraction of sp³-hybridized carbons (Fsp3) is 0.941. The van der Waals surface area contributed by atoms with Crippen LogP contribution in [0.4, 0.5) is 0 Å². The number of rotatable bonds is 47. The van der Waals surface area contributed by atoms with Crippen LogP contribution < -0.4 is 5.32 Å². The quantitative estimate of drug-likeness (QED) is 0.0365. The molecule has 0 fully saturated rings. The molecule has 0 aliphatic carbocycles. The number of carbonyl (C=O) groups is 1. The second-order valence-corrected chi connectivity index (χ2v) is 17.7. The highest BCUT2D eigenvalue weighted by atomic mass is 16.3. The van der Waals surface area contributed by atoms with E-state index in [1.165, 1.54) is 218 Å². The third-order valence-electron chi connectivity index (χ3n) is 12.1. The molecular formula is C51H101NO4. The second kappa shape index (κ2) is 46.8. The maximum absolute atomic E-state index is 12.5. The van der Waals surface area contributed by atoms with Crippen molar-refractivity contribution in [1.82, 2.24) is 5.32 Å². The van der Waals surface area contributed by atoms with E-state index >= 15 is 0 Å². The fourth-order valence-corrected chi connectivity index (χ4v) is 8.17. The van der Waals surface area contributed by atoms with E-state index in [9.17, 15) is 20.1 Å². The van der Waals surface area contributed by atoms with Gasteiger partial charge in [-0.05, 0) is 38.5 Å². The Hall–Kier alpha value is -0.910. The Morgan fingerprint density at radius 3 is 1.04 bits per heavy atom. The molecule has 1 amide bonds. The van der Waals surface area contributed by atoms with Gasteiger partial charge in [-0.3, -0.25) is 4.79 Å². The number of aliphatic hydroxyl groups is 3. The summed E-state index contributed by atoms with van der Waals surface area (Å²) in [6.07, 6.45) is 56.3. The summed E-state index contributed by atoms with van der Waals surface area (Å²) in [5, 5.41) is 33.7. The molecule has 0 spiro atoms. The number of hydrogen-bond donors (Lipinski definition) is 4. The SMILES string of the molecule is CCCCCCCCCCCCCCCCCCC/C=C/CCCC(O)C(O)C(CO)NC(=O)CCCCCCCCCCCCCCCCCCCCCC. The molecule has 3 atom stereocenters. The molecular weight excluding hydrogens is 691 g/mol. The monoisotopic (exact) mass is 792 g/mol. The first-order valence-corrected chi connectivity index (χ1v) is 25.5. The summed E-state index contributed by atoms with van der Waals surface area (Å²) >= 11 is 0. The summed E-state index contributed by atoms with van der Waals surface area (Å²) in [7, 11) is 0. The first-order chi connectivity index (χ1) is 27.6. The van der Waals surface area contributed by atoms with Gasteiger partial charge in [-0.1, -0.05) is 251 Å². The van der Waals surface area contributed by atoms with Gasteiger partial charge in [-0.2, -0.15) is 0 Å². The molecule has 3 unspecified atom stereocenters. The summed E-state index contributed by atoms with van der Waals surface area (Å²) in [6.45, 7) is 4.20. The molecule has 0 saturated carbocycles. The molecule has 5 nitrogen and oxygen atoms in total. The zero-order valence-electron chi connectivity index (χ0n) is 38.0. The van der Waals surface area contributed by atoms with Gasteiger partial charge in [-0.15, -0.1) is 0 Å². The number of allylic oxidation sites excluding steroid dienone is 2. The highest BCUT2D eigenvalue weighted by Gasteiger charge is 2.26. The number of aliphatic hydroxyl groups excluding tert-OH is 3.